The van der Waals surface area contributed by atoms with Gasteiger partial charge >= 0.3 is 5.97 Å². The molecule has 3 aromatic rings. The summed E-state index contributed by atoms with van der Waals surface area (Å²) in [6, 6.07) is 14.5. The zero-order valence-corrected chi connectivity index (χ0v) is 12.5. The number of methoxy groups -OCH3 is 1. The summed E-state index contributed by atoms with van der Waals surface area (Å²) in [6.07, 6.45) is 1.53. The molecular formula is C18H15NO4. The van der Waals surface area contributed by atoms with Crippen LogP contribution in [0.2, 0.25) is 0 Å². The summed E-state index contributed by atoms with van der Waals surface area (Å²) in [5, 5.41) is 0.701. The first-order valence-electron chi connectivity index (χ1n) is 7.10. The molecule has 0 aliphatic heterocycles. The highest BCUT2D eigenvalue weighted by Crippen LogP contribution is 2.20. The Bertz CT molecular complexity index is 866. The Balaban J connectivity index is 1.74. The minimum absolute atomic E-state index is 0.0169. The third-order valence-corrected chi connectivity index (χ3v) is 3.57. The van der Waals surface area contributed by atoms with Gasteiger partial charge in [0.1, 0.15) is 12.4 Å². The Morgan fingerprint density at radius 2 is 1.78 bits per heavy atom. The number of nitrogens with one attached hydrogen (secondary N) is 1. The van der Waals surface area contributed by atoms with Gasteiger partial charge in [-0.05, 0) is 12.1 Å². The van der Waals surface area contributed by atoms with Gasteiger partial charge in [0.05, 0.1) is 12.7 Å². The van der Waals surface area contributed by atoms with Crippen molar-refractivity contribution in [2.75, 3.05) is 7.11 Å². The Labute approximate surface area is 132 Å². The predicted octanol–water partition coefficient (Wildman–Crippen LogP) is 3.10. The van der Waals surface area contributed by atoms with Crippen LogP contribution in [0.4, 0.5) is 0 Å². The first-order chi connectivity index (χ1) is 11.2. The number of Topliss-reactive ketones (excluding diaryl/α,β-unsaturated/α-hetero) is 1. The van der Waals surface area contributed by atoms with Crippen LogP contribution in [0.5, 0.6) is 5.75 Å². The van der Waals surface area contributed by atoms with E-state index < -0.39 is 11.8 Å². The average Bonchev–Trinajstić information content (AvgIpc) is 3.03. The molecule has 23 heavy (non-hydrogen) atoms. The maximum Gasteiger partial charge on any atom is 0.380 e. The lowest BCUT2D eigenvalue weighted by Gasteiger charge is -2.08. The van der Waals surface area contributed by atoms with E-state index in [0.29, 0.717) is 22.3 Å². The van der Waals surface area contributed by atoms with Gasteiger partial charge in [0, 0.05) is 22.7 Å². The van der Waals surface area contributed by atoms with Crippen LogP contribution < -0.4 is 4.74 Å². The first-order valence-corrected chi connectivity index (χ1v) is 7.10. The van der Waals surface area contributed by atoms with Gasteiger partial charge in [0.25, 0.3) is 5.78 Å². The predicted molar refractivity (Wildman–Crippen MR) is 85.4 cm³/mol. The first kappa shape index (κ1) is 14.8. The highest BCUT2D eigenvalue weighted by molar-refractivity contribution is 6.42. The third kappa shape index (κ3) is 2.94. The maximum absolute atomic E-state index is 12.3. The lowest BCUT2D eigenvalue weighted by Crippen LogP contribution is -2.17. The largest absolute Gasteiger partial charge is 0.496 e. The van der Waals surface area contributed by atoms with Crippen molar-refractivity contribution < 1.29 is 19.1 Å². The van der Waals surface area contributed by atoms with Crippen LogP contribution in [0.1, 0.15) is 15.9 Å². The molecule has 1 N–H and O–H groups in total. The van der Waals surface area contributed by atoms with Crippen molar-refractivity contribution in [1.82, 2.24) is 4.98 Å². The number of ketones is 1. The molecule has 0 bridgehead atoms. The molecule has 2 aromatic carbocycles. The van der Waals surface area contributed by atoms with E-state index in [1.807, 2.05) is 30.3 Å². The maximum atomic E-state index is 12.3. The standard InChI is InChI=1S/C18H15NO4/c1-22-16-9-5-2-6-12(16)11-23-18(21)17(20)14-10-19-15-8-4-3-7-13(14)15/h2-10,19H,11H2,1H3. The quantitative estimate of drug-likeness (QED) is 0.447. The molecule has 116 valence electrons. The van der Waals surface area contributed by atoms with Crippen molar-refractivity contribution in [2.24, 2.45) is 0 Å². The summed E-state index contributed by atoms with van der Waals surface area (Å²) < 4.78 is 10.3. The van der Waals surface area contributed by atoms with E-state index in [4.69, 9.17) is 9.47 Å². The SMILES string of the molecule is COc1ccccc1COC(=O)C(=O)c1c[nH]c2ccccc12. The smallest absolute Gasteiger partial charge is 0.380 e. The summed E-state index contributed by atoms with van der Waals surface area (Å²) in [6.45, 7) is -0.0169. The Kier molecular flexibility index (Phi) is 4.10. The molecule has 3 rings (SSSR count). The zero-order valence-electron chi connectivity index (χ0n) is 12.5. The number of fused-ring (bicyclic) bond motifs is 1. The van der Waals surface area contributed by atoms with Crippen LogP contribution in [-0.2, 0) is 16.1 Å². The van der Waals surface area contributed by atoms with Gasteiger partial charge < -0.3 is 14.5 Å². The van der Waals surface area contributed by atoms with Crippen LogP contribution in [0, 0.1) is 0 Å². The minimum atomic E-state index is -0.888. The highest BCUT2D eigenvalue weighted by Gasteiger charge is 2.21. The lowest BCUT2D eigenvalue weighted by molar-refractivity contribution is -0.139. The fourth-order valence-corrected chi connectivity index (χ4v) is 2.40. The highest BCUT2D eigenvalue weighted by atomic mass is 16.5. The topological polar surface area (TPSA) is 68.4 Å². The molecule has 0 unspecified atom stereocenters. The number of carbonyl (C=O) groups excluding carboxylic acids is 2. The van der Waals surface area contributed by atoms with Gasteiger partial charge in [-0.25, -0.2) is 4.79 Å². The number of hydrogen-bond donors (Lipinski definition) is 1. The summed E-state index contributed by atoms with van der Waals surface area (Å²) in [4.78, 5) is 27.3. The number of esters is 1. The van der Waals surface area contributed by atoms with Crippen LogP contribution in [0.25, 0.3) is 10.9 Å². The second kappa shape index (κ2) is 6.36. The van der Waals surface area contributed by atoms with Gasteiger partial charge in [-0.2, -0.15) is 0 Å². The van der Waals surface area contributed by atoms with Crippen LogP contribution in [0.3, 0.4) is 0 Å². The Morgan fingerprint density at radius 3 is 2.61 bits per heavy atom. The average molecular weight is 309 g/mol. The second-order valence-corrected chi connectivity index (χ2v) is 4.97. The molecule has 0 saturated carbocycles. The fourth-order valence-electron chi connectivity index (χ4n) is 2.40. The molecule has 1 aromatic heterocycles. The number of aromatic nitrogens is 1. The van der Waals surface area contributed by atoms with Crippen molar-refractivity contribution in [2.45, 2.75) is 6.61 Å². The van der Waals surface area contributed by atoms with E-state index >= 15 is 0 Å². The van der Waals surface area contributed by atoms with Gasteiger partial charge in [0.15, 0.2) is 0 Å². The molecule has 5 heteroatoms. The third-order valence-electron chi connectivity index (χ3n) is 3.57. The molecule has 5 nitrogen and oxygen atoms in total. The van der Waals surface area contributed by atoms with Crippen LogP contribution in [0.15, 0.2) is 54.7 Å². The van der Waals surface area contributed by atoms with Gasteiger partial charge in [0.2, 0.25) is 0 Å². The van der Waals surface area contributed by atoms with E-state index in [0.717, 1.165) is 5.52 Å². The number of carbonyl (C=O) groups is 2. The Hall–Kier alpha value is -3.08. The van der Waals surface area contributed by atoms with E-state index in [9.17, 15) is 9.59 Å². The van der Waals surface area contributed by atoms with Crippen molar-refractivity contribution in [1.29, 1.82) is 0 Å². The normalized spacial score (nSPS) is 10.5. The van der Waals surface area contributed by atoms with E-state index in [1.165, 1.54) is 13.3 Å². The molecule has 0 amide bonds. The molecular weight excluding hydrogens is 294 g/mol. The molecule has 0 saturated heterocycles. The lowest BCUT2D eigenvalue weighted by atomic mass is 10.1. The Morgan fingerprint density at radius 1 is 1.04 bits per heavy atom. The molecule has 1 heterocycles. The van der Waals surface area contributed by atoms with Crippen molar-refractivity contribution in [3.8, 4) is 5.75 Å². The summed E-state index contributed by atoms with van der Waals surface area (Å²) in [7, 11) is 1.54. The van der Waals surface area contributed by atoms with Crippen molar-refractivity contribution in [3.63, 3.8) is 0 Å². The summed E-state index contributed by atoms with van der Waals surface area (Å²) >= 11 is 0. The molecule has 0 fully saturated rings. The van der Waals surface area contributed by atoms with Gasteiger partial charge in [-0.1, -0.05) is 36.4 Å². The monoisotopic (exact) mass is 309 g/mol. The van der Waals surface area contributed by atoms with Gasteiger partial charge in [-0.3, -0.25) is 4.79 Å². The molecule has 0 radical (unpaired) electrons. The van der Waals surface area contributed by atoms with Crippen LogP contribution >= 0.6 is 0 Å². The molecule has 0 spiro atoms. The second-order valence-electron chi connectivity index (χ2n) is 4.97. The fraction of sp³-hybridized carbons (Fsp3) is 0.111. The van der Waals surface area contributed by atoms with E-state index in [-0.39, 0.29) is 6.61 Å². The number of hydrogen-bond acceptors (Lipinski definition) is 4. The summed E-state index contributed by atoms with van der Waals surface area (Å²) in [5.74, 6) is -0.946. The van der Waals surface area contributed by atoms with Crippen molar-refractivity contribution >= 4 is 22.7 Å². The molecule has 0 atom stereocenters. The van der Waals surface area contributed by atoms with E-state index in [1.54, 1.807) is 18.2 Å². The van der Waals surface area contributed by atoms with Crippen molar-refractivity contribution in [3.05, 3.63) is 65.9 Å². The molecule has 0 aliphatic carbocycles. The number of ether oxygens (including phenoxy) is 2. The number of rotatable bonds is 5. The number of aromatic amines is 1. The van der Waals surface area contributed by atoms with E-state index in [2.05, 4.69) is 4.98 Å². The molecule has 0 aliphatic rings. The number of benzene rings is 2. The number of H-pyrrole nitrogens is 1. The zero-order chi connectivity index (χ0) is 16.2. The summed E-state index contributed by atoms with van der Waals surface area (Å²) in [5.41, 5.74) is 1.81. The van der Waals surface area contributed by atoms with Crippen LogP contribution in [-0.4, -0.2) is 23.8 Å². The minimum Gasteiger partial charge on any atom is -0.496 e. The number of para-hydroxylation sites is 2. The van der Waals surface area contributed by atoms with Gasteiger partial charge in [-0.15, -0.1) is 0 Å².